The molecule has 1 aliphatic rings. The van der Waals surface area contributed by atoms with Crippen molar-refractivity contribution in [2.45, 2.75) is 25.5 Å². The molecule has 0 aliphatic carbocycles. The molecule has 3 nitrogen and oxygen atoms in total. The van der Waals surface area contributed by atoms with Crippen molar-refractivity contribution in [2.75, 3.05) is 11.4 Å². The minimum Gasteiger partial charge on any atom is -0.391 e. The molecule has 2 aromatic rings. The van der Waals surface area contributed by atoms with Crippen LogP contribution in [0.5, 0.6) is 0 Å². The van der Waals surface area contributed by atoms with E-state index in [0.717, 1.165) is 34.3 Å². The fourth-order valence-electron chi connectivity index (χ4n) is 2.65. The molecular formula is C14H14N2OS. The molecule has 0 saturated carbocycles. The van der Waals surface area contributed by atoms with Gasteiger partial charge in [0.25, 0.3) is 0 Å². The third kappa shape index (κ3) is 1.59. The zero-order chi connectivity index (χ0) is 12.7. The van der Waals surface area contributed by atoms with Crippen molar-refractivity contribution in [3.63, 3.8) is 0 Å². The number of hydrogen-bond acceptors (Lipinski definition) is 4. The van der Waals surface area contributed by atoms with Gasteiger partial charge in [-0.25, -0.2) is 0 Å². The molecule has 2 atom stereocenters. The van der Waals surface area contributed by atoms with Crippen molar-refractivity contribution in [1.29, 1.82) is 5.26 Å². The maximum absolute atomic E-state index is 9.86. The van der Waals surface area contributed by atoms with Crippen LogP contribution in [-0.2, 0) is 0 Å². The molecule has 1 aliphatic heterocycles. The summed E-state index contributed by atoms with van der Waals surface area (Å²) in [6.07, 6.45) is 0.557. The summed E-state index contributed by atoms with van der Waals surface area (Å²) < 4.78 is 1.04. The first-order chi connectivity index (χ1) is 8.72. The lowest BCUT2D eigenvalue weighted by Gasteiger charge is -2.25. The van der Waals surface area contributed by atoms with Crippen LogP contribution in [-0.4, -0.2) is 23.8 Å². The quantitative estimate of drug-likeness (QED) is 0.855. The molecule has 1 saturated heterocycles. The van der Waals surface area contributed by atoms with Gasteiger partial charge in [-0.2, -0.15) is 5.26 Å². The van der Waals surface area contributed by atoms with E-state index in [9.17, 15) is 5.11 Å². The first-order valence-corrected chi connectivity index (χ1v) is 6.95. The Morgan fingerprint density at radius 2 is 2.28 bits per heavy atom. The number of aliphatic hydroxyl groups is 1. The first kappa shape index (κ1) is 11.5. The normalized spacial score (nSPS) is 23.5. The molecule has 1 fully saturated rings. The Labute approximate surface area is 110 Å². The second kappa shape index (κ2) is 4.27. The number of anilines is 1. The Morgan fingerprint density at radius 1 is 1.44 bits per heavy atom. The maximum Gasteiger partial charge on any atom is 0.101 e. The zero-order valence-corrected chi connectivity index (χ0v) is 10.9. The lowest BCUT2D eigenvalue weighted by atomic mass is 10.1. The van der Waals surface area contributed by atoms with E-state index in [1.807, 2.05) is 24.4 Å². The van der Waals surface area contributed by atoms with Gasteiger partial charge in [0.05, 0.1) is 22.4 Å². The molecule has 3 rings (SSSR count). The summed E-state index contributed by atoms with van der Waals surface area (Å²) in [6.45, 7) is 2.92. The molecule has 1 N–H and O–H groups in total. The fraction of sp³-hybridized carbons (Fsp3) is 0.357. The topological polar surface area (TPSA) is 47.3 Å². The van der Waals surface area contributed by atoms with Crippen LogP contribution in [0.4, 0.5) is 5.69 Å². The molecule has 1 aromatic carbocycles. The lowest BCUT2D eigenvalue weighted by Crippen LogP contribution is -2.32. The SMILES string of the molecule is C[C@H]1[C@H](O)CCN1c1ccc(C#N)c2sccc12. The standard InChI is InChI=1S/C14H14N2OS/c1-9-13(17)4-6-16(9)12-3-2-10(8-15)14-11(12)5-7-18-14/h2-3,5,7,9,13,17H,4,6H2,1H3/t9-,13+/m0/s1. The van der Waals surface area contributed by atoms with Gasteiger partial charge in [-0.3, -0.25) is 0 Å². The average molecular weight is 258 g/mol. The van der Waals surface area contributed by atoms with Crippen molar-refractivity contribution >= 4 is 27.1 Å². The molecule has 4 heteroatoms. The van der Waals surface area contributed by atoms with E-state index in [-0.39, 0.29) is 12.1 Å². The van der Waals surface area contributed by atoms with E-state index in [1.54, 1.807) is 11.3 Å². The summed E-state index contributed by atoms with van der Waals surface area (Å²) in [4.78, 5) is 2.24. The van der Waals surface area contributed by atoms with Gasteiger partial charge in [0, 0.05) is 17.6 Å². The van der Waals surface area contributed by atoms with Gasteiger partial charge in [0.15, 0.2) is 0 Å². The Bertz CT molecular complexity index is 628. The molecule has 0 bridgehead atoms. The van der Waals surface area contributed by atoms with E-state index in [1.165, 1.54) is 0 Å². The molecule has 2 heterocycles. The van der Waals surface area contributed by atoms with Gasteiger partial charge >= 0.3 is 0 Å². The molecule has 0 unspecified atom stereocenters. The van der Waals surface area contributed by atoms with Crippen LogP contribution in [0.2, 0.25) is 0 Å². The Kier molecular flexibility index (Phi) is 2.73. The summed E-state index contributed by atoms with van der Waals surface area (Å²) in [5.74, 6) is 0. The number of nitrogens with zero attached hydrogens (tertiary/aromatic N) is 2. The molecule has 0 amide bonds. The highest BCUT2D eigenvalue weighted by atomic mass is 32.1. The first-order valence-electron chi connectivity index (χ1n) is 6.07. The predicted octanol–water partition coefficient (Wildman–Crippen LogP) is 2.73. The van der Waals surface area contributed by atoms with Crippen LogP contribution in [0.3, 0.4) is 0 Å². The largest absolute Gasteiger partial charge is 0.391 e. The summed E-state index contributed by atoms with van der Waals surface area (Å²) in [5, 5.41) is 22.1. The fourth-order valence-corrected chi connectivity index (χ4v) is 3.53. The van der Waals surface area contributed by atoms with Gasteiger partial charge in [0.1, 0.15) is 6.07 Å². The third-order valence-electron chi connectivity index (χ3n) is 3.74. The number of hydrogen-bond donors (Lipinski definition) is 1. The highest BCUT2D eigenvalue weighted by Crippen LogP contribution is 2.36. The molecule has 0 radical (unpaired) electrons. The van der Waals surface area contributed by atoms with E-state index in [0.29, 0.717) is 0 Å². The number of benzene rings is 1. The van der Waals surface area contributed by atoms with Gasteiger partial charge in [-0.1, -0.05) is 0 Å². The van der Waals surface area contributed by atoms with E-state index >= 15 is 0 Å². The number of aliphatic hydroxyl groups excluding tert-OH is 1. The van der Waals surface area contributed by atoms with Crippen LogP contribution >= 0.6 is 11.3 Å². The van der Waals surface area contributed by atoms with Gasteiger partial charge in [-0.15, -0.1) is 11.3 Å². The van der Waals surface area contributed by atoms with E-state index in [2.05, 4.69) is 17.0 Å². The molecule has 1 aromatic heterocycles. The smallest absolute Gasteiger partial charge is 0.101 e. The van der Waals surface area contributed by atoms with Crippen LogP contribution in [0.15, 0.2) is 23.6 Å². The highest BCUT2D eigenvalue weighted by molar-refractivity contribution is 7.17. The van der Waals surface area contributed by atoms with E-state index in [4.69, 9.17) is 5.26 Å². The van der Waals surface area contributed by atoms with Crippen molar-refractivity contribution < 1.29 is 5.11 Å². The molecule has 92 valence electrons. The molecule has 18 heavy (non-hydrogen) atoms. The maximum atomic E-state index is 9.86. The van der Waals surface area contributed by atoms with Crippen molar-refractivity contribution in [3.8, 4) is 6.07 Å². The van der Waals surface area contributed by atoms with Gasteiger partial charge < -0.3 is 10.0 Å². The summed E-state index contributed by atoms with van der Waals surface area (Å²) in [5.41, 5.74) is 1.87. The number of fused-ring (bicyclic) bond motifs is 1. The van der Waals surface area contributed by atoms with Crippen LogP contribution < -0.4 is 4.90 Å². The number of rotatable bonds is 1. The summed E-state index contributed by atoms with van der Waals surface area (Å²) in [7, 11) is 0. The minimum atomic E-state index is -0.255. The van der Waals surface area contributed by atoms with Crippen LogP contribution in [0, 0.1) is 11.3 Å². The second-order valence-corrected chi connectivity index (χ2v) is 5.61. The molecule has 0 spiro atoms. The minimum absolute atomic E-state index is 0.140. The number of nitriles is 1. The highest BCUT2D eigenvalue weighted by Gasteiger charge is 2.30. The Balaban J connectivity index is 2.14. The molecular weight excluding hydrogens is 244 g/mol. The zero-order valence-electron chi connectivity index (χ0n) is 10.1. The Hall–Kier alpha value is -1.57. The number of thiophene rings is 1. The van der Waals surface area contributed by atoms with Crippen molar-refractivity contribution in [2.24, 2.45) is 0 Å². The Morgan fingerprint density at radius 3 is 2.94 bits per heavy atom. The van der Waals surface area contributed by atoms with Gasteiger partial charge in [0.2, 0.25) is 0 Å². The lowest BCUT2D eigenvalue weighted by molar-refractivity contribution is 0.170. The van der Waals surface area contributed by atoms with Crippen LogP contribution in [0.25, 0.3) is 10.1 Å². The van der Waals surface area contributed by atoms with Crippen LogP contribution in [0.1, 0.15) is 18.9 Å². The van der Waals surface area contributed by atoms with Gasteiger partial charge in [-0.05, 0) is 36.9 Å². The summed E-state index contributed by atoms with van der Waals surface area (Å²) >= 11 is 1.60. The van der Waals surface area contributed by atoms with E-state index < -0.39 is 0 Å². The van der Waals surface area contributed by atoms with Crippen molar-refractivity contribution in [3.05, 3.63) is 29.1 Å². The van der Waals surface area contributed by atoms with Crippen molar-refractivity contribution in [1.82, 2.24) is 0 Å². The third-order valence-corrected chi connectivity index (χ3v) is 4.69. The average Bonchev–Trinajstić information content (AvgIpc) is 2.98. The second-order valence-electron chi connectivity index (χ2n) is 4.70. The summed E-state index contributed by atoms with van der Waals surface area (Å²) in [6, 6.07) is 8.32. The monoisotopic (exact) mass is 258 g/mol. The predicted molar refractivity (Wildman–Crippen MR) is 74.0 cm³/mol.